The van der Waals surface area contributed by atoms with E-state index in [1.54, 1.807) is 18.3 Å². The zero-order valence-electron chi connectivity index (χ0n) is 10.5. The van der Waals surface area contributed by atoms with Crippen molar-refractivity contribution in [2.45, 2.75) is 19.4 Å². The lowest BCUT2D eigenvalue weighted by molar-refractivity contribution is 0.474. The highest BCUT2D eigenvalue weighted by atomic mass is 16.3. The Hall–Kier alpha value is -1.87. The SMILES string of the molecule is CC(NCCc1cccnc1)c1ccc(O)cc1. The monoisotopic (exact) mass is 242 g/mol. The summed E-state index contributed by atoms with van der Waals surface area (Å²) in [5.41, 5.74) is 2.42. The van der Waals surface area contributed by atoms with Gasteiger partial charge in [0.15, 0.2) is 0 Å². The first-order valence-electron chi connectivity index (χ1n) is 6.17. The van der Waals surface area contributed by atoms with Crippen LogP contribution in [0.1, 0.15) is 24.1 Å². The van der Waals surface area contributed by atoms with Crippen LogP contribution in [0.15, 0.2) is 48.8 Å². The Morgan fingerprint density at radius 2 is 2.00 bits per heavy atom. The van der Waals surface area contributed by atoms with Gasteiger partial charge in [-0.25, -0.2) is 0 Å². The zero-order chi connectivity index (χ0) is 12.8. The van der Waals surface area contributed by atoms with Crippen LogP contribution in [0.25, 0.3) is 0 Å². The maximum absolute atomic E-state index is 9.24. The van der Waals surface area contributed by atoms with E-state index in [1.807, 2.05) is 24.4 Å². The Bertz CT molecular complexity index is 468. The van der Waals surface area contributed by atoms with Crippen molar-refractivity contribution in [3.8, 4) is 5.75 Å². The number of hydrogen-bond acceptors (Lipinski definition) is 3. The molecule has 1 aromatic carbocycles. The second-order valence-electron chi connectivity index (χ2n) is 4.38. The van der Waals surface area contributed by atoms with E-state index in [2.05, 4.69) is 23.3 Å². The fourth-order valence-corrected chi connectivity index (χ4v) is 1.86. The molecule has 3 heteroatoms. The van der Waals surface area contributed by atoms with Crippen LogP contribution in [0, 0.1) is 0 Å². The number of benzene rings is 1. The van der Waals surface area contributed by atoms with Gasteiger partial charge in [-0.05, 0) is 49.2 Å². The number of rotatable bonds is 5. The first kappa shape index (κ1) is 12.6. The van der Waals surface area contributed by atoms with Crippen LogP contribution in [0.4, 0.5) is 0 Å². The Morgan fingerprint density at radius 3 is 2.67 bits per heavy atom. The molecule has 1 atom stereocenters. The van der Waals surface area contributed by atoms with Gasteiger partial charge in [-0.3, -0.25) is 4.98 Å². The number of aromatic nitrogens is 1. The maximum atomic E-state index is 9.24. The van der Waals surface area contributed by atoms with Crippen molar-refractivity contribution in [1.29, 1.82) is 0 Å². The number of nitrogens with zero attached hydrogens (tertiary/aromatic N) is 1. The highest BCUT2D eigenvalue weighted by molar-refractivity contribution is 5.27. The topological polar surface area (TPSA) is 45.2 Å². The highest BCUT2D eigenvalue weighted by Gasteiger charge is 2.04. The molecule has 0 saturated heterocycles. The van der Waals surface area contributed by atoms with Crippen LogP contribution in [-0.4, -0.2) is 16.6 Å². The van der Waals surface area contributed by atoms with Crippen LogP contribution in [0.2, 0.25) is 0 Å². The van der Waals surface area contributed by atoms with E-state index in [4.69, 9.17) is 0 Å². The molecule has 0 spiro atoms. The quantitative estimate of drug-likeness (QED) is 0.847. The molecule has 0 aliphatic rings. The summed E-state index contributed by atoms with van der Waals surface area (Å²) in [5, 5.41) is 12.7. The first-order chi connectivity index (χ1) is 8.75. The van der Waals surface area contributed by atoms with E-state index in [0.717, 1.165) is 13.0 Å². The number of phenols is 1. The van der Waals surface area contributed by atoms with Crippen molar-refractivity contribution in [3.05, 3.63) is 59.9 Å². The van der Waals surface area contributed by atoms with Crippen molar-refractivity contribution >= 4 is 0 Å². The average molecular weight is 242 g/mol. The second-order valence-corrected chi connectivity index (χ2v) is 4.38. The lowest BCUT2D eigenvalue weighted by atomic mass is 10.1. The van der Waals surface area contributed by atoms with Gasteiger partial charge in [0.25, 0.3) is 0 Å². The predicted molar refractivity (Wildman–Crippen MR) is 72.5 cm³/mol. The fraction of sp³-hybridized carbons (Fsp3) is 0.267. The van der Waals surface area contributed by atoms with Gasteiger partial charge in [-0.1, -0.05) is 18.2 Å². The van der Waals surface area contributed by atoms with Crippen LogP contribution >= 0.6 is 0 Å². The summed E-state index contributed by atoms with van der Waals surface area (Å²) in [4.78, 5) is 4.09. The molecule has 2 N–H and O–H groups in total. The molecule has 1 heterocycles. The number of aromatic hydroxyl groups is 1. The van der Waals surface area contributed by atoms with Gasteiger partial charge in [-0.2, -0.15) is 0 Å². The summed E-state index contributed by atoms with van der Waals surface area (Å²) in [7, 11) is 0. The van der Waals surface area contributed by atoms with Crippen molar-refractivity contribution in [1.82, 2.24) is 10.3 Å². The summed E-state index contributed by atoms with van der Waals surface area (Å²) in [5.74, 6) is 0.307. The summed E-state index contributed by atoms with van der Waals surface area (Å²) >= 11 is 0. The number of hydrogen-bond donors (Lipinski definition) is 2. The summed E-state index contributed by atoms with van der Waals surface area (Å²) < 4.78 is 0. The molecule has 1 aromatic heterocycles. The van der Waals surface area contributed by atoms with Gasteiger partial charge >= 0.3 is 0 Å². The minimum atomic E-state index is 0.280. The minimum absolute atomic E-state index is 0.280. The van der Waals surface area contributed by atoms with Gasteiger partial charge in [-0.15, -0.1) is 0 Å². The fourth-order valence-electron chi connectivity index (χ4n) is 1.86. The molecular formula is C15H18N2O. The number of nitrogens with one attached hydrogen (secondary N) is 1. The predicted octanol–water partition coefficient (Wildman–Crippen LogP) is 2.68. The first-order valence-corrected chi connectivity index (χ1v) is 6.17. The standard InChI is InChI=1S/C15H18N2O/c1-12(14-4-6-15(18)7-5-14)17-10-8-13-3-2-9-16-11-13/h2-7,9,11-12,17-18H,8,10H2,1H3. The zero-order valence-corrected chi connectivity index (χ0v) is 10.5. The summed E-state index contributed by atoms with van der Waals surface area (Å²) in [6.45, 7) is 3.03. The second kappa shape index (κ2) is 6.17. The van der Waals surface area contributed by atoms with E-state index >= 15 is 0 Å². The van der Waals surface area contributed by atoms with Crippen molar-refractivity contribution in [2.75, 3.05) is 6.54 Å². The molecule has 0 radical (unpaired) electrons. The van der Waals surface area contributed by atoms with E-state index in [1.165, 1.54) is 11.1 Å². The van der Waals surface area contributed by atoms with Gasteiger partial charge in [0.05, 0.1) is 0 Å². The van der Waals surface area contributed by atoms with E-state index in [9.17, 15) is 5.11 Å². The minimum Gasteiger partial charge on any atom is -0.508 e. The summed E-state index contributed by atoms with van der Waals surface area (Å²) in [6.07, 6.45) is 4.65. The van der Waals surface area contributed by atoms with Gasteiger partial charge in [0.1, 0.15) is 5.75 Å². The third-order valence-electron chi connectivity index (χ3n) is 2.98. The molecule has 0 saturated carbocycles. The van der Waals surface area contributed by atoms with Crippen molar-refractivity contribution < 1.29 is 5.11 Å². The average Bonchev–Trinajstić information content (AvgIpc) is 2.40. The van der Waals surface area contributed by atoms with E-state index in [0.29, 0.717) is 5.75 Å². The molecule has 2 aromatic rings. The van der Waals surface area contributed by atoms with Crippen LogP contribution < -0.4 is 5.32 Å². The highest BCUT2D eigenvalue weighted by Crippen LogP contribution is 2.16. The van der Waals surface area contributed by atoms with Crippen molar-refractivity contribution in [2.24, 2.45) is 0 Å². The molecule has 0 aliphatic carbocycles. The van der Waals surface area contributed by atoms with Gasteiger partial charge in [0.2, 0.25) is 0 Å². The van der Waals surface area contributed by atoms with Gasteiger partial charge < -0.3 is 10.4 Å². The van der Waals surface area contributed by atoms with E-state index < -0.39 is 0 Å². The largest absolute Gasteiger partial charge is 0.508 e. The Morgan fingerprint density at radius 1 is 1.22 bits per heavy atom. The van der Waals surface area contributed by atoms with Crippen LogP contribution in [0.5, 0.6) is 5.75 Å². The van der Waals surface area contributed by atoms with Crippen molar-refractivity contribution in [3.63, 3.8) is 0 Å². The lowest BCUT2D eigenvalue weighted by Crippen LogP contribution is -2.21. The molecular weight excluding hydrogens is 224 g/mol. The third-order valence-corrected chi connectivity index (χ3v) is 2.98. The summed E-state index contributed by atoms with van der Waals surface area (Å²) in [6, 6.07) is 11.6. The van der Waals surface area contributed by atoms with E-state index in [-0.39, 0.29) is 6.04 Å². The molecule has 1 unspecified atom stereocenters. The van der Waals surface area contributed by atoms with Gasteiger partial charge in [0, 0.05) is 18.4 Å². The molecule has 0 aliphatic heterocycles. The number of pyridine rings is 1. The Balaban J connectivity index is 1.81. The Labute approximate surface area is 108 Å². The molecule has 94 valence electrons. The molecule has 0 amide bonds. The van der Waals surface area contributed by atoms with Crippen LogP contribution in [0.3, 0.4) is 0 Å². The normalized spacial score (nSPS) is 12.3. The molecule has 18 heavy (non-hydrogen) atoms. The third kappa shape index (κ3) is 3.57. The Kier molecular flexibility index (Phi) is 4.31. The molecule has 0 bridgehead atoms. The molecule has 0 fully saturated rings. The molecule has 3 nitrogen and oxygen atoms in total. The smallest absolute Gasteiger partial charge is 0.115 e. The maximum Gasteiger partial charge on any atom is 0.115 e. The molecule has 2 rings (SSSR count). The number of phenolic OH excluding ortho intramolecular Hbond substituents is 1. The lowest BCUT2D eigenvalue weighted by Gasteiger charge is -2.14. The van der Waals surface area contributed by atoms with Crippen LogP contribution in [-0.2, 0) is 6.42 Å².